The largest absolute Gasteiger partial charge is 0.340 e. The van der Waals surface area contributed by atoms with Crippen molar-refractivity contribution in [1.82, 2.24) is 9.55 Å². The summed E-state index contributed by atoms with van der Waals surface area (Å²) in [6.07, 6.45) is 4.89. The van der Waals surface area contributed by atoms with Gasteiger partial charge in [-0.25, -0.2) is 4.98 Å². The Morgan fingerprint density at radius 3 is 3.00 bits per heavy atom. The molecule has 3 nitrogen and oxygen atoms in total. The molecule has 0 aliphatic carbocycles. The highest BCUT2D eigenvalue weighted by molar-refractivity contribution is 7.09. The molecule has 98 valence electrons. The van der Waals surface area contributed by atoms with Gasteiger partial charge in [0.05, 0.1) is 12.1 Å². The first-order valence-electron chi connectivity index (χ1n) is 6.45. The lowest BCUT2D eigenvalue weighted by Gasteiger charge is -2.10. The topological polar surface area (TPSA) is 43.8 Å². The predicted octanol–water partition coefficient (Wildman–Crippen LogP) is 3.04. The molecule has 1 aromatic carbocycles. The molecule has 3 aromatic rings. The molecular weight excluding hydrogens is 254 g/mol. The summed E-state index contributed by atoms with van der Waals surface area (Å²) >= 11 is 1.69. The monoisotopic (exact) mass is 271 g/mol. The molecule has 2 aromatic heterocycles. The summed E-state index contributed by atoms with van der Waals surface area (Å²) in [5.41, 5.74) is 8.55. The molecule has 0 aliphatic rings. The van der Waals surface area contributed by atoms with E-state index < -0.39 is 0 Å². The van der Waals surface area contributed by atoms with Gasteiger partial charge < -0.3 is 10.3 Å². The summed E-state index contributed by atoms with van der Waals surface area (Å²) in [5.74, 6) is 0. The van der Waals surface area contributed by atoms with E-state index in [0.29, 0.717) is 0 Å². The lowest BCUT2D eigenvalue weighted by molar-refractivity contribution is 0.734. The van der Waals surface area contributed by atoms with Crippen LogP contribution in [-0.4, -0.2) is 15.6 Å². The van der Waals surface area contributed by atoms with Gasteiger partial charge in [0.1, 0.15) is 5.01 Å². The van der Waals surface area contributed by atoms with Crippen LogP contribution in [0.3, 0.4) is 0 Å². The number of para-hydroxylation sites is 1. The summed E-state index contributed by atoms with van der Waals surface area (Å²) in [4.78, 5) is 4.36. The minimum Gasteiger partial charge on any atom is -0.340 e. The maximum absolute atomic E-state index is 5.95. The number of nitrogens with two attached hydrogens (primary N) is 1. The van der Waals surface area contributed by atoms with Gasteiger partial charge in [-0.2, -0.15) is 0 Å². The van der Waals surface area contributed by atoms with Crippen LogP contribution >= 0.6 is 11.3 Å². The zero-order chi connectivity index (χ0) is 13.2. The molecule has 1 atom stereocenters. The third kappa shape index (κ3) is 2.55. The first kappa shape index (κ1) is 12.4. The van der Waals surface area contributed by atoms with Gasteiger partial charge >= 0.3 is 0 Å². The first-order chi connectivity index (χ1) is 9.24. The minimum absolute atomic E-state index is 0.175. The van der Waals surface area contributed by atoms with Crippen LogP contribution in [0.25, 0.3) is 10.9 Å². The Balaban J connectivity index is 2.04. The molecule has 0 amide bonds. The number of aromatic nitrogens is 2. The van der Waals surface area contributed by atoms with Crippen LogP contribution in [-0.2, 0) is 13.0 Å². The SMILES string of the molecule is CC(N)Cc1cccc2ccn(Cc3nccs3)c12. The standard InChI is InChI=1S/C15H17N3S/c1-11(16)9-13-4-2-3-12-5-7-18(15(12)13)10-14-17-6-8-19-14/h2-8,11H,9-10,16H2,1H3. The fourth-order valence-electron chi connectivity index (χ4n) is 2.46. The van der Waals surface area contributed by atoms with E-state index >= 15 is 0 Å². The van der Waals surface area contributed by atoms with Crippen molar-refractivity contribution in [2.75, 3.05) is 0 Å². The van der Waals surface area contributed by atoms with Gasteiger partial charge in [0.25, 0.3) is 0 Å². The van der Waals surface area contributed by atoms with Crippen LogP contribution in [0, 0.1) is 0 Å². The summed E-state index contributed by atoms with van der Waals surface area (Å²) in [6, 6.07) is 8.76. The van der Waals surface area contributed by atoms with Crippen LogP contribution < -0.4 is 5.73 Å². The van der Waals surface area contributed by atoms with Crippen molar-refractivity contribution in [3.63, 3.8) is 0 Å². The third-order valence-corrected chi connectivity index (χ3v) is 3.97. The quantitative estimate of drug-likeness (QED) is 0.792. The van der Waals surface area contributed by atoms with E-state index in [4.69, 9.17) is 5.73 Å². The zero-order valence-electron chi connectivity index (χ0n) is 10.9. The molecule has 2 N–H and O–H groups in total. The molecule has 4 heteroatoms. The van der Waals surface area contributed by atoms with Gasteiger partial charge in [0.15, 0.2) is 0 Å². The molecule has 2 heterocycles. The molecule has 0 aliphatic heterocycles. The normalized spacial score (nSPS) is 12.9. The van der Waals surface area contributed by atoms with Crippen molar-refractivity contribution < 1.29 is 0 Å². The molecule has 3 rings (SSSR count). The Bertz CT molecular complexity index is 668. The Morgan fingerprint density at radius 1 is 1.37 bits per heavy atom. The molecule has 0 saturated carbocycles. The number of nitrogens with zero attached hydrogens (tertiary/aromatic N) is 2. The lowest BCUT2D eigenvalue weighted by Crippen LogP contribution is -2.18. The Hall–Kier alpha value is -1.65. The first-order valence-corrected chi connectivity index (χ1v) is 7.32. The second-order valence-electron chi connectivity index (χ2n) is 4.91. The van der Waals surface area contributed by atoms with Crippen LogP contribution in [0.2, 0.25) is 0 Å². The number of fused-ring (bicyclic) bond motifs is 1. The number of rotatable bonds is 4. The molecule has 0 radical (unpaired) electrons. The Labute approximate surface area is 116 Å². The molecule has 1 unspecified atom stereocenters. The van der Waals surface area contributed by atoms with Gasteiger partial charge in [-0.15, -0.1) is 11.3 Å². The van der Waals surface area contributed by atoms with Crippen LogP contribution in [0.15, 0.2) is 42.0 Å². The number of hydrogen-bond donors (Lipinski definition) is 1. The number of hydrogen-bond acceptors (Lipinski definition) is 3. The van der Waals surface area contributed by atoms with E-state index in [1.54, 1.807) is 11.3 Å². The van der Waals surface area contributed by atoms with E-state index in [-0.39, 0.29) is 6.04 Å². The second kappa shape index (κ2) is 5.15. The van der Waals surface area contributed by atoms with Crippen molar-refractivity contribution in [2.45, 2.75) is 25.9 Å². The molecule has 0 fully saturated rings. The summed E-state index contributed by atoms with van der Waals surface area (Å²) in [7, 11) is 0. The molecule has 0 saturated heterocycles. The number of benzene rings is 1. The van der Waals surface area contributed by atoms with Gasteiger partial charge in [0, 0.05) is 23.8 Å². The average molecular weight is 271 g/mol. The van der Waals surface area contributed by atoms with Crippen molar-refractivity contribution in [3.05, 3.63) is 52.6 Å². The lowest BCUT2D eigenvalue weighted by atomic mass is 10.0. The van der Waals surface area contributed by atoms with Crippen molar-refractivity contribution >= 4 is 22.2 Å². The molecule has 19 heavy (non-hydrogen) atoms. The summed E-state index contributed by atoms with van der Waals surface area (Å²) < 4.78 is 2.27. The number of thiazole rings is 1. The molecule has 0 spiro atoms. The Kier molecular flexibility index (Phi) is 3.36. The van der Waals surface area contributed by atoms with Crippen LogP contribution in [0.1, 0.15) is 17.5 Å². The van der Waals surface area contributed by atoms with Gasteiger partial charge in [0.2, 0.25) is 0 Å². The smallest absolute Gasteiger partial charge is 0.112 e. The third-order valence-electron chi connectivity index (χ3n) is 3.20. The fourth-order valence-corrected chi connectivity index (χ4v) is 3.08. The summed E-state index contributed by atoms with van der Waals surface area (Å²) in [6.45, 7) is 2.88. The molecule has 0 bridgehead atoms. The maximum Gasteiger partial charge on any atom is 0.112 e. The molecular formula is C15H17N3S. The van der Waals surface area contributed by atoms with Crippen molar-refractivity contribution in [1.29, 1.82) is 0 Å². The zero-order valence-corrected chi connectivity index (χ0v) is 11.7. The average Bonchev–Trinajstić information content (AvgIpc) is 3.00. The summed E-state index contributed by atoms with van der Waals surface area (Å²) in [5, 5.41) is 4.42. The highest BCUT2D eigenvalue weighted by Crippen LogP contribution is 2.23. The fraction of sp³-hybridized carbons (Fsp3) is 0.267. The second-order valence-corrected chi connectivity index (χ2v) is 5.88. The van der Waals surface area contributed by atoms with E-state index in [1.807, 2.05) is 18.5 Å². The van der Waals surface area contributed by atoms with Gasteiger partial charge in [-0.3, -0.25) is 0 Å². The van der Waals surface area contributed by atoms with Crippen molar-refractivity contribution in [2.24, 2.45) is 5.73 Å². The van der Waals surface area contributed by atoms with E-state index in [0.717, 1.165) is 18.0 Å². The minimum atomic E-state index is 0.175. The highest BCUT2D eigenvalue weighted by atomic mass is 32.1. The highest BCUT2D eigenvalue weighted by Gasteiger charge is 2.09. The Morgan fingerprint density at radius 2 is 2.26 bits per heavy atom. The van der Waals surface area contributed by atoms with Crippen LogP contribution in [0.5, 0.6) is 0 Å². The van der Waals surface area contributed by atoms with E-state index in [1.165, 1.54) is 16.5 Å². The van der Waals surface area contributed by atoms with Crippen molar-refractivity contribution in [3.8, 4) is 0 Å². The maximum atomic E-state index is 5.95. The van der Waals surface area contributed by atoms with Crippen LogP contribution in [0.4, 0.5) is 0 Å². The van der Waals surface area contributed by atoms with E-state index in [9.17, 15) is 0 Å². The van der Waals surface area contributed by atoms with E-state index in [2.05, 4.69) is 40.0 Å². The predicted molar refractivity (Wildman–Crippen MR) is 80.5 cm³/mol. The van der Waals surface area contributed by atoms with Gasteiger partial charge in [-0.1, -0.05) is 18.2 Å². The van der Waals surface area contributed by atoms with Gasteiger partial charge in [-0.05, 0) is 30.4 Å².